The molecule has 5 amide bonds. The maximum atomic E-state index is 13.1. The summed E-state index contributed by atoms with van der Waals surface area (Å²) in [5.74, 6) is -1.99. The Morgan fingerprint density at radius 2 is 1.75 bits per heavy atom. The Hall–Kier alpha value is -3.66. The third kappa shape index (κ3) is 5.76. The van der Waals surface area contributed by atoms with E-state index in [1.54, 1.807) is 48.5 Å². The molecule has 0 atom stereocenters. The summed E-state index contributed by atoms with van der Waals surface area (Å²) >= 11 is 15.5. The van der Waals surface area contributed by atoms with Crippen molar-refractivity contribution in [3.63, 3.8) is 0 Å². The van der Waals surface area contributed by atoms with Gasteiger partial charge in [0.15, 0.2) is 6.61 Å². The lowest BCUT2D eigenvalue weighted by molar-refractivity contribution is -0.122. The number of anilines is 2. The second-order valence-electron chi connectivity index (χ2n) is 7.43. The molecule has 2 N–H and O–H groups in total. The molecule has 0 aromatic heterocycles. The number of halogens is 3. The summed E-state index contributed by atoms with van der Waals surface area (Å²) in [4.78, 5) is 51.3. The number of hydrogen-bond acceptors (Lipinski definition) is 5. The molecule has 36 heavy (non-hydrogen) atoms. The van der Waals surface area contributed by atoms with Crippen LogP contribution in [0.5, 0.6) is 5.75 Å². The molecule has 0 radical (unpaired) electrons. The van der Waals surface area contributed by atoms with Crippen molar-refractivity contribution in [1.82, 2.24) is 5.32 Å². The fraction of sp³-hybridized carbons (Fsp3) is 0.0400. The number of barbiturate groups is 1. The van der Waals surface area contributed by atoms with Gasteiger partial charge in [-0.05, 0) is 60.7 Å². The van der Waals surface area contributed by atoms with Gasteiger partial charge in [-0.2, -0.15) is 0 Å². The zero-order valence-corrected chi connectivity index (χ0v) is 21.4. The molecule has 0 saturated carbocycles. The smallest absolute Gasteiger partial charge is 0.335 e. The van der Waals surface area contributed by atoms with Crippen molar-refractivity contribution in [2.75, 3.05) is 16.8 Å². The first-order valence-electron chi connectivity index (χ1n) is 10.4. The molecular formula is C25H16BrCl2N3O5. The van der Waals surface area contributed by atoms with Crippen molar-refractivity contribution in [1.29, 1.82) is 0 Å². The quantitative estimate of drug-likeness (QED) is 0.295. The minimum Gasteiger partial charge on any atom is -0.483 e. The number of rotatable bonds is 6. The molecule has 0 bridgehead atoms. The van der Waals surface area contributed by atoms with Gasteiger partial charge in [0.1, 0.15) is 11.3 Å². The van der Waals surface area contributed by atoms with Crippen molar-refractivity contribution >= 4 is 80.3 Å². The number of para-hydroxylation sites is 1. The Morgan fingerprint density at radius 1 is 1.03 bits per heavy atom. The molecule has 1 saturated heterocycles. The lowest BCUT2D eigenvalue weighted by Crippen LogP contribution is -2.54. The Balaban J connectivity index is 1.58. The van der Waals surface area contributed by atoms with Gasteiger partial charge in [0, 0.05) is 15.1 Å². The molecule has 3 aromatic carbocycles. The molecule has 8 nitrogen and oxygen atoms in total. The normalized spacial score (nSPS) is 14.6. The minimum absolute atomic E-state index is 0.189. The lowest BCUT2D eigenvalue weighted by atomic mass is 10.1. The maximum absolute atomic E-state index is 13.1. The molecule has 1 aliphatic rings. The maximum Gasteiger partial charge on any atom is 0.335 e. The second kappa shape index (κ2) is 10.9. The van der Waals surface area contributed by atoms with Crippen LogP contribution in [-0.2, 0) is 14.4 Å². The highest BCUT2D eigenvalue weighted by molar-refractivity contribution is 9.10. The number of ether oxygens (including phenoxy) is 1. The minimum atomic E-state index is -0.874. The Bertz CT molecular complexity index is 1410. The zero-order valence-electron chi connectivity index (χ0n) is 18.3. The molecule has 182 valence electrons. The number of hydrogen-bond donors (Lipinski definition) is 2. The second-order valence-corrected chi connectivity index (χ2v) is 9.19. The van der Waals surface area contributed by atoms with E-state index >= 15 is 0 Å². The first-order valence-corrected chi connectivity index (χ1v) is 11.9. The van der Waals surface area contributed by atoms with Gasteiger partial charge in [-0.1, -0.05) is 51.3 Å². The van der Waals surface area contributed by atoms with Crippen molar-refractivity contribution in [2.45, 2.75) is 0 Å². The molecule has 0 aliphatic carbocycles. The largest absolute Gasteiger partial charge is 0.483 e. The van der Waals surface area contributed by atoms with E-state index in [0.29, 0.717) is 15.7 Å². The summed E-state index contributed by atoms with van der Waals surface area (Å²) in [5, 5.41) is 5.47. The first-order chi connectivity index (χ1) is 17.2. The van der Waals surface area contributed by atoms with Crippen LogP contribution >= 0.6 is 39.1 Å². The Morgan fingerprint density at radius 3 is 2.47 bits per heavy atom. The molecule has 1 fully saturated rings. The summed E-state index contributed by atoms with van der Waals surface area (Å²) < 4.78 is 6.39. The fourth-order valence-electron chi connectivity index (χ4n) is 3.29. The lowest BCUT2D eigenvalue weighted by Gasteiger charge is -2.26. The standard InChI is InChI=1S/C25H16BrCl2N3O5/c26-15-5-8-17(9-6-15)31-24(34)18(23(33)30-25(31)35)12-14-11-16(27)7-10-21(14)36-13-22(32)29-20-4-2-1-3-19(20)28/h1-12H,13H2,(H,29,32)(H,30,33,35)/b18-12+. The van der Waals surface area contributed by atoms with E-state index in [1.165, 1.54) is 24.3 Å². The average molecular weight is 589 g/mol. The Labute approximate surface area is 223 Å². The summed E-state index contributed by atoms with van der Waals surface area (Å²) in [7, 11) is 0. The SMILES string of the molecule is O=C(COc1ccc(Cl)cc1/C=C1\C(=O)NC(=O)N(c2ccc(Br)cc2)C1=O)Nc1ccccc1Cl. The molecule has 4 rings (SSSR count). The number of amides is 5. The van der Waals surface area contributed by atoms with Gasteiger partial charge in [0.25, 0.3) is 17.7 Å². The summed E-state index contributed by atoms with van der Waals surface area (Å²) in [6.07, 6.45) is 1.25. The Kier molecular flexibility index (Phi) is 7.73. The van der Waals surface area contributed by atoms with E-state index in [9.17, 15) is 19.2 Å². The topological polar surface area (TPSA) is 105 Å². The molecule has 1 aliphatic heterocycles. The average Bonchev–Trinajstić information content (AvgIpc) is 2.84. The van der Waals surface area contributed by atoms with Gasteiger partial charge in [-0.15, -0.1) is 0 Å². The zero-order chi connectivity index (χ0) is 25.8. The molecule has 11 heteroatoms. The monoisotopic (exact) mass is 587 g/mol. The highest BCUT2D eigenvalue weighted by Crippen LogP contribution is 2.28. The molecule has 0 unspecified atom stereocenters. The van der Waals surface area contributed by atoms with Gasteiger partial charge in [0.05, 0.1) is 16.4 Å². The van der Waals surface area contributed by atoms with Gasteiger partial charge >= 0.3 is 6.03 Å². The van der Waals surface area contributed by atoms with E-state index in [0.717, 1.165) is 9.37 Å². The van der Waals surface area contributed by atoms with E-state index in [1.807, 2.05) is 0 Å². The highest BCUT2D eigenvalue weighted by Gasteiger charge is 2.37. The molecule has 0 spiro atoms. The predicted octanol–water partition coefficient (Wildman–Crippen LogP) is 5.44. The number of carbonyl (C=O) groups excluding carboxylic acids is 4. The summed E-state index contributed by atoms with van der Waals surface area (Å²) in [5.41, 5.74) is 0.646. The summed E-state index contributed by atoms with van der Waals surface area (Å²) in [6, 6.07) is 16.8. The van der Waals surface area contributed by atoms with Gasteiger partial charge in [-0.25, -0.2) is 9.69 Å². The van der Waals surface area contributed by atoms with Gasteiger partial charge < -0.3 is 10.1 Å². The van der Waals surface area contributed by atoms with Crippen LogP contribution in [0.1, 0.15) is 5.56 Å². The predicted molar refractivity (Wildman–Crippen MR) is 140 cm³/mol. The van der Waals surface area contributed by atoms with Gasteiger partial charge in [0.2, 0.25) is 0 Å². The van der Waals surface area contributed by atoms with Crippen molar-refractivity contribution in [2.24, 2.45) is 0 Å². The molecule has 1 heterocycles. The number of carbonyl (C=O) groups is 4. The van der Waals surface area contributed by atoms with E-state index in [2.05, 4.69) is 26.6 Å². The molecular weight excluding hydrogens is 573 g/mol. The van der Waals surface area contributed by atoms with Crippen LogP contribution in [0.25, 0.3) is 6.08 Å². The van der Waals surface area contributed by atoms with E-state index in [4.69, 9.17) is 27.9 Å². The van der Waals surface area contributed by atoms with Crippen LogP contribution in [0.3, 0.4) is 0 Å². The van der Waals surface area contributed by atoms with Crippen LogP contribution < -0.4 is 20.3 Å². The van der Waals surface area contributed by atoms with Crippen molar-refractivity contribution in [3.8, 4) is 5.75 Å². The molecule has 3 aromatic rings. The third-order valence-corrected chi connectivity index (χ3v) is 6.06. The highest BCUT2D eigenvalue weighted by atomic mass is 79.9. The van der Waals surface area contributed by atoms with E-state index < -0.39 is 23.8 Å². The van der Waals surface area contributed by atoms with E-state index in [-0.39, 0.29) is 29.2 Å². The third-order valence-electron chi connectivity index (χ3n) is 4.96. The van der Waals surface area contributed by atoms with Crippen LogP contribution in [0.4, 0.5) is 16.2 Å². The fourth-order valence-corrected chi connectivity index (χ4v) is 3.92. The number of urea groups is 1. The summed E-state index contributed by atoms with van der Waals surface area (Å²) in [6.45, 7) is -0.382. The first kappa shape index (κ1) is 25.4. The van der Waals surface area contributed by atoms with Crippen molar-refractivity contribution in [3.05, 3.63) is 92.4 Å². The van der Waals surface area contributed by atoms with Gasteiger partial charge in [-0.3, -0.25) is 19.7 Å². The number of benzene rings is 3. The van der Waals surface area contributed by atoms with Crippen LogP contribution in [0.15, 0.2) is 76.8 Å². The van der Waals surface area contributed by atoms with Crippen LogP contribution in [-0.4, -0.2) is 30.4 Å². The number of nitrogens with one attached hydrogen (secondary N) is 2. The number of nitrogens with zero attached hydrogens (tertiary/aromatic N) is 1. The van der Waals surface area contributed by atoms with Crippen LogP contribution in [0, 0.1) is 0 Å². The number of imide groups is 2. The van der Waals surface area contributed by atoms with Crippen molar-refractivity contribution < 1.29 is 23.9 Å². The van der Waals surface area contributed by atoms with Crippen LogP contribution in [0.2, 0.25) is 10.0 Å².